The number of nitro groups is 1. The quantitative estimate of drug-likeness (QED) is 0.683. The number of nitro benzene ring substituents is 1. The largest absolute Gasteiger partial charge is 0.369 e. The topological polar surface area (TPSA) is 58.4 Å². The lowest BCUT2D eigenvalue weighted by atomic mass is 9.97. The molecular formula is C13H17Cl2N3O2. The van der Waals surface area contributed by atoms with Gasteiger partial charge in [0.1, 0.15) is 5.69 Å². The van der Waals surface area contributed by atoms with E-state index in [0.29, 0.717) is 16.6 Å². The van der Waals surface area contributed by atoms with Gasteiger partial charge in [0.15, 0.2) is 0 Å². The van der Waals surface area contributed by atoms with E-state index in [0.717, 1.165) is 32.5 Å². The molecule has 0 amide bonds. The summed E-state index contributed by atoms with van der Waals surface area (Å²) in [5, 5.41) is 15.0. The summed E-state index contributed by atoms with van der Waals surface area (Å²) in [5.74, 6) is 0.537. The van der Waals surface area contributed by atoms with Crippen LogP contribution in [0.4, 0.5) is 11.4 Å². The van der Waals surface area contributed by atoms with Crippen molar-refractivity contribution in [3.05, 3.63) is 32.3 Å². The molecule has 0 radical (unpaired) electrons. The third-order valence-corrected chi connectivity index (χ3v) is 4.34. The maximum atomic E-state index is 11.1. The number of anilines is 1. The lowest BCUT2D eigenvalue weighted by Crippen LogP contribution is -2.34. The van der Waals surface area contributed by atoms with E-state index in [-0.39, 0.29) is 10.7 Å². The molecule has 110 valence electrons. The van der Waals surface area contributed by atoms with Gasteiger partial charge in [-0.3, -0.25) is 10.1 Å². The molecule has 1 fully saturated rings. The summed E-state index contributed by atoms with van der Waals surface area (Å²) in [6.07, 6.45) is 2.17. The molecule has 0 unspecified atom stereocenters. The highest BCUT2D eigenvalue weighted by Crippen LogP contribution is 2.36. The van der Waals surface area contributed by atoms with Crippen molar-refractivity contribution in [1.29, 1.82) is 0 Å². The molecule has 1 aliphatic heterocycles. The highest BCUT2D eigenvalue weighted by atomic mass is 35.5. The maximum Gasteiger partial charge on any atom is 0.294 e. The Balaban J connectivity index is 2.21. The van der Waals surface area contributed by atoms with Crippen LogP contribution in [0.3, 0.4) is 0 Å². The van der Waals surface area contributed by atoms with Crippen molar-refractivity contribution in [3.8, 4) is 0 Å². The van der Waals surface area contributed by atoms with Crippen LogP contribution >= 0.6 is 23.2 Å². The van der Waals surface area contributed by atoms with Crippen LogP contribution in [-0.2, 0) is 0 Å². The van der Waals surface area contributed by atoms with Crippen molar-refractivity contribution in [2.45, 2.75) is 12.8 Å². The first kappa shape index (κ1) is 15.4. The van der Waals surface area contributed by atoms with Gasteiger partial charge in [0.05, 0.1) is 15.0 Å². The van der Waals surface area contributed by atoms with Gasteiger partial charge in [-0.05, 0) is 37.9 Å². The van der Waals surface area contributed by atoms with E-state index in [1.807, 2.05) is 11.9 Å². The molecule has 0 bridgehead atoms. The zero-order chi connectivity index (χ0) is 14.7. The van der Waals surface area contributed by atoms with Gasteiger partial charge in [0.25, 0.3) is 5.69 Å². The van der Waals surface area contributed by atoms with Gasteiger partial charge in [0.2, 0.25) is 0 Å². The molecule has 1 aromatic carbocycles. The standard InChI is InChI=1S/C13H17Cl2N3O2/c1-17(8-9-2-4-16-5-3-9)12-6-10(14)11(15)7-13(12)18(19)20/h6-7,9,16H,2-5,8H2,1H3. The predicted molar refractivity (Wildman–Crippen MR) is 82.0 cm³/mol. The Hall–Kier alpha value is -1.04. The Morgan fingerprint density at radius 2 is 1.95 bits per heavy atom. The zero-order valence-electron chi connectivity index (χ0n) is 11.2. The molecule has 2 rings (SSSR count). The number of hydrogen-bond acceptors (Lipinski definition) is 4. The Bertz CT molecular complexity index is 505. The zero-order valence-corrected chi connectivity index (χ0v) is 12.7. The Morgan fingerprint density at radius 1 is 1.35 bits per heavy atom. The molecule has 7 heteroatoms. The van der Waals surface area contributed by atoms with Crippen molar-refractivity contribution in [1.82, 2.24) is 5.32 Å². The molecule has 1 aliphatic rings. The number of benzene rings is 1. The first-order valence-corrected chi connectivity index (χ1v) is 7.30. The molecule has 1 aromatic rings. The van der Waals surface area contributed by atoms with Crippen LogP contribution in [0.1, 0.15) is 12.8 Å². The van der Waals surface area contributed by atoms with Crippen molar-refractivity contribution >= 4 is 34.6 Å². The second-order valence-electron chi connectivity index (χ2n) is 5.09. The average Bonchev–Trinajstić information content (AvgIpc) is 2.42. The van der Waals surface area contributed by atoms with Gasteiger partial charge in [0, 0.05) is 19.7 Å². The minimum atomic E-state index is -0.420. The van der Waals surface area contributed by atoms with E-state index < -0.39 is 4.92 Å². The van der Waals surface area contributed by atoms with E-state index in [1.54, 1.807) is 6.07 Å². The molecule has 0 aromatic heterocycles. The highest BCUT2D eigenvalue weighted by Gasteiger charge is 2.22. The third-order valence-electron chi connectivity index (χ3n) is 3.62. The molecule has 5 nitrogen and oxygen atoms in total. The molecule has 1 N–H and O–H groups in total. The van der Waals surface area contributed by atoms with Crippen molar-refractivity contribution < 1.29 is 4.92 Å². The normalized spacial score (nSPS) is 16.1. The molecule has 0 atom stereocenters. The van der Waals surface area contributed by atoms with Gasteiger partial charge in [-0.15, -0.1) is 0 Å². The summed E-state index contributed by atoms with van der Waals surface area (Å²) in [5.41, 5.74) is 0.513. The Morgan fingerprint density at radius 3 is 2.55 bits per heavy atom. The van der Waals surface area contributed by atoms with Crippen LogP contribution in [-0.4, -0.2) is 31.6 Å². The van der Waals surface area contributed by atoms with E-state index in [1.165, 1.54) is 6.07 Å². The summed E-state index contributed by atoms with van der Waals surface area (Å²) < 4.78 is 0. The number of hydrogen-bond donors (Lipinski definition) is 1. The fourth-order valence-electron chi connectivity index (χ4n) is 2.53. The van der Waals surface area contributed by atoms with E-state index in [2.05, 4.69) is 5.32 Å². The van der Waals surface area contributed by atoms with Crippen LogP contribution in [0.15, 0.2) is 12.1 Å². The average molecular weight is 318 g/mol. The second-order valence-corrected chi connectivity index (χ2v) is 5.90. The Labute approximate surface area is 128 Å². The summed E-state index contributed by atoms with van der Waals surface area (Å²) in [6.45, 7) is 2.78. The first-order valence-electron chi connectivity index (χ1n) is 6.54. The van der Waals surface area contributed by atoms with E-state index >= 15 is 0 Å². The third kappa shape index (κ3) is 3.53. The summed E-state index contributed by atoms with van der Waals surface area (Å²) in [6, 6.07) is 2.89. The number of nitrogens with one attached hydrogen (secondary N) is 1. The molecule has 0 spiro atoms. The summed E-state index contributed by atoms with van der Waals surface area (Å²) >= 11 is 11.8. The molecule has 20 heavy (non-hydrogen) atoms. The van der Waals surface area contributed by atoms with Crippen LogP contribution < -0.4 is 10.2 Å². The van der Waals surface area contributed by atoms with E-state index in [4.69, 9.17) is 23.2 Å². The monoisotopic (exact) mass is 317 g/mol. The lowest BCUT2D eigenvalue weighted by Gasteiger charge is -2.28. The molecule has 0 saturated carbocycles. The number of halogens is 2. The minimum absolute atomic E-state index is 0.00386. The Kier molecular flexibility index (Phi) is 5.07. The van der Waals surface area contributed by atoms with Gasteiger partial charge in [-0.1, -0.05) is 23.2 Å². The van der Waals surface area contributed by atoms with Crippen LogP contribution in [0.5, 0.6) is 0 Å². The van der Waals surface area contributed by atoms with Crippen LogP contribution in [0.2, 0.25) is 10.0 Å². The van der Waals surface area contributed by atoms with Gasteiger partial charge in [-0.25, -0.2) is 0 Å². The highest BCUT2D eigenvalue weighted by molar-refractivity contribution is 6.42. The summed E-state index contributed by atoms with van der Waals surface area (Å²) in [4.78, 5) is 12.6. The molecular weight excluding hydrogens is 301 g/mol. The van der Waals surface area contributed by atoms with Gasteiger partial charge >= 0.3 is 0 Å². The number of rotatable bonds is 4. The predicted octanol–water partition coefficient (Wildman–Crippen LogP) is 3.34. The van der Waals surface area contributed by atoms with Crippen LogP contribution in [0, 0.1) is 16.0 Å². The van der Waals surface area contributed by atoms with Crippen molar-refractivity contribution in [2.75, 3.05) is 31.6 Å². The number of piperidine rings is 1. The van der Waals surface area contributed by atoms with Gasteiger partial charge in [-0.2, -0.15) is 0 Å². The SMILES string of the molecule is CN(CC1CCNCC1)c1cc(Cl)c(Cl)cc1[N+](=O)[O-]. The maximum absolute atomic E-state index is 11.1. The summed E-state index contributed by atoms with van der Waals surface area (Å²) in [7, 11) is 1.86. The number of nitrogens with zero attached hydrogens (tertiary/aromatic N) is 2. The van der Waals surface area contributed by atoms with Crippen LogP contribution in [0.25, 0.3) is 0 Å². The molecule has 1 heterocycles. The van der Waals surface area contributed by atoms with E-state index in [9.17, 15) is 10.1 Å². The van der Waals surface area contributed by atoms with Crippen molar-refractivity contribution in [3.63, 3.8) is 0 Å². The smallest absolute Gasteiger partial charge is 0.294 e. The molecule has 0 aliphatic carbocycles. The van der Waals surface area contributed by atoms with Crippen molar-refractivity contribution in [2.24, 2.45) is 5.92 Å². The second kappa shape index (κ2) is 6.61. The lowest BCUT2D eigenvalue weighted by molar-refractivity contribution is -0.384. The fourth-order valence-corrected chi connectivity index (χ4v) is 2.84. The fraction of sp³-hybridized carbons (Fsp3) is 0.538. The van der Waals surface area contributed by atoms with Gasteiger partial charge < -0.3 is 10.2 Å². The first-order chi connectivity index (χ1) is 9.49. The minimum Gasteiger partial charge on any atom is -0.369 e. The molecule has 1 saturated heterocycles.